The van der Waals surface area contributed by atoms with E-state index in [9.17, 15) is 4.79 Å². The van der Waals surface area contributed by atoms with E-state index in [0.29, 0.717) is 17.8 Å². The van der Waals surface area contributed by atoms with E-state index >= 15 is 0 Å². The Balaban J connectivity index is 2.05. The number of anilines is 2. The molecule has 0 saturated carbocycles. The molecule has 0 radical (unpaired) electrons. The lowest BCUT2D eigenvalue weighted by atomic mass is 10.1. The number of carbonyl (C=O) groups is 1. The summed E-state index contributed by atoms with van der Waals surface area (Å²) in [6.45, 7) is 0.690. The van der Waals surface area contributed by atoms with Gasteiger partial charge in [-0.05, 0) is 18.2 Å². The molecule has 1 aromatic heterocycles. The van der Waals surface area contributed by atoms with Crippen LogP contribution in [0.3, 0.4) is 0 Å². The van der Waals surface area contributed by atoms with Crippen LogP contribution in [0.1, 0.15) is 16.1 Å². The monoisotopic (exact) mass is 259 g/mol. The minimum absolute atomic E-state index is 0.135. The first kappa shape index (κ1) is 12.9. The van der Waals surface area contributed by atoms with Crippen LogP contribution in [0, 0.1) is 0 Å². The van der Waals surface area contributed by atoms with Crippen LogP contribution in [0.25, 0.3) is 0 Å². The summed E-state index contributed by atoms with van der Waals surface area (Å²) in [6, 6.07) is 5.19. The summed E-state index contributed by atoms with van der Waals surface area (Å²) in [5, 5.41) is 5.83. The number of nitrogen functional groups attached to an aromatic ring is 1. The smallest absolute Gasteiger partial charge is 0.253 e. The van der Waals surface area contributed by atoms with Crippen molar-refractivity contribution in [2.24, 2.45) is 0 Å². The molecule has 0 saturated heterocycles. The number of imidazole rings is 1. The van der Waals surface area contributed by atoms with Gasteiger partial charge in [0.05, 0.1) is 11.9 Å². The minimum Gasteiger partial charge on any atom is -0.399 e. The van der Waals surface area contributed by atoms with E-state index in [1.54, 1.807) is 37.8 Å². The Hall–Kier alpha value is -2.50. The lowest BCUT2D eigenvalue weighted by molar-refractivity contribution is 0.0964. The number of rotatable bonds is 5. The van der Waals surface area contributed by atoms with Gasteiger partial charge in [0.15, 0.2) is 0 Å². The summed E-state index contributed by atoms with van der Waals surface area (Å²) in [4.78, 5) is 18.7. The van der Waals surface area contributed by atoms with Crippen LogP contribution < -0.4 is 16.4 Å². The Morgan fingerprint density at radius 2 is 2.32 bits per heavy atom. The fourth-order valence-corrected chi connectivity index (χ4v) is 1.79. The van der Waals surface area contributed by atoms with Gasteiger partial charge in [0.25, 0.3) is 5.91 Å². The molecule has 0 bridgehead atoms. The number of nitrogens with zero attached hydrogens (tertiary/aromatic N) is 1. The number of aromatic amines is 1. The van der Waals surface area contributed by atoms with E-state index in [-0.39, 0.29) is 5.91 Å². The predicted molar refractivity (Wildman–Crippen MR) is 75.0 cm³/mol. The van der Waals surface area contributed by atoms with Gasteiger partial charge < -0.3 is 21.4 Å². The molecule has 2 aromatic rings. The second kappa shape index (κ2) is 5.90. The molecular weight excluding hydrogens is 242 g/mol. The van der Waals surface area contributed by atoms with Crippen LogP contribution >= 0.6 is 0 Å². The van der Waals surface area contributed by atoms with Crippen molar-refractivity contribution in [2.45, 2.75) is 6.42 Å². The maximum Gasteiger partial charge on any atom is 0.253 e. The SMILES string of the molecule is CNC(=O)c1ccc(N)cc1NCCc1cnc[nH]1. The molecule has 5 N–H and O–H groups in total. The van der Waals surface area contributed by atoms with Crippen molar-refractivity contribution >= 4 is 17.3 Å². The van der Waals surface area contributed by atoms with Gasteiger partial charge in [-0.2, -0.15) is 0 Å². The van der Waals surface area contributed by atoms with Crippen molar-refractivity contribution in [3.63, 3.8) is 0 Å². The standard InChI is InChI=1S/C13H17N5O/c1-15-13(19)11-3-2-9(14)6-12(11)17-5-4-10-7-16-8-18-10/h2-3,6-8,17H,4-5,14H2,1H3,(H,15,19)(H,16,18). The summed E-state index contributed by atoms with van der Waals surface area (Å²) in [7, 11) is 1.60. The number of H-pyrrole nitrogens is 1. The molecule has 6 heteroatoms. The molecule has 0 atom stereocenters. The maximum absolute atomic E-state index is 11.7. The molecule has 0 aliphatic carbocycles. The summed E-state index contributed by atoms with van der Waals surface area (Å²) in [6.07, 6.45) is 4.22. The maximum atomic E-state index is 11.7. The van der Waals surface area contributed by atoms with Gasteiger partial charge in [-0.1, -0.05) is 0 Å². The van der Waals surface area contributed by atoms with E-state index in [1.165, 1.54) is 0 Å². The van der Waals surface area contributed by atoms with Crippen LogP contribution in [0.4, 0.5) is 11.4 Å². The Kier molecular flexibility index (Phi) is 4.02. The highest BCUT2D eigenvalue weighted by atomic mass is 16.1. The normalized spacial score (nSPS) is 10.2. The van der Waals surface area contributed by atoms with Gasteiger partial charge >= 0.3 is 0 Å². The molecule has 100 valence electrons. The first-order valence-corrected chi connectivity index (χ1v) is 6.03. The third-order valence-electron chi connectivity index (χ3n) is 2.78. The van der Waals surface area contributed by atoms with E-state index in [1.807, 2.05) is 0 Å². The van der Waals surface area contributed by atoms with Gasteiger partial charge in [0, 0.05) is 43.3 Å². The first-order valence-electron chi connectivity index (χ1n) is 6.03. The minimum atomic E-state index is -0.135. The van der Waals surface area contributed by atoms with Gasteiger partial charge in [-0.25, -0.2) is 4.98 Å². The fraction of sp³-hybridized carbons (Fsp3) is 0.231. The largest absolute Gasteiger partial charge is 0.399 e. The number of amides is 1. The lowest BCUT2D eigenvalue weighted by Crippen LogP contribution is -2.20. The van der Waals surface area contributed by atoms with Crippen LogP contribution in [-0.2, 0) is 6.42 Å². The molecule has 1 heterocycles. The zero-order chi connectivity index (χ0) is 13.7. The summed E-state index contributed by atoms with van der Waals surface area (Å²) in [5.74, 6) is -0.135. The van der Waals surface area contributed by atoms with Crippen molar-refractivity contribution in [1.82, 2.24) is 15.3 Å². The quantitative estimate of drug-likeness (QED) is 0.602. The Morgan fingerprint density at radius 3 is 3.00 bits per heavy atom. The predicted octanol–water partition coefficient (Wildman–Crippen LogP) is 1.01. The topological polar surface area (TPSA) is 95.8 Å². The molecule has 1 aromatic carbocycles. The number of carbonyl (C=O) groups excluding carboxylic acids is 1. The summed E-state index contributed by atoms with van der Waals surface area (Å²) >= 11 is 0. The van der Waals surface area contributed by atoms with Gasteiger partial charge in [-0.3, -0.25) is 4.79 Å². The second-order valence-corrected chi connectivity index (χ2v) is 4.14. The number of hydrogen-bond donors (Lipinski definition) is 4. The Morgan fingerprint density at radius 1 is 1.47 bits per heavy atom. The Labute approximate surface area is 111 Å². The van der Waals surface area contributed by atoms with E-state index in [4.69, 9.17) is 5.73 Å². The van der Waals surface area contributed by atoms with Crippen molar-refractivity contribution < 1.29 is 4.79 Å². The molecule has 1 amide bonds. The zero-order valence-electron chi connectivity index (χ0n) is 10.7. The Bertz CT molecular complexity index is 550. The molecule has 0 aliphatic rings. The molecule has 0 spiro atoms. The third-order valence-corrected chi connectivity index (χ3v) is 2.78. The lowest BCUT2D eigenvalue weighted by Gasteiger charge is -2.11. The average Bonchev–Trinajstić information content (AvgIpc) is 2.91. The molecule has 0 unspecified atom stereocenters. The van der Waals surface area contributed by atoms with E-state index in [0.717, 1.165) is 17.8 Å². The van der Waals surface area contributed by atoms with Crippen LogP contribution in [0.5, 0.6) is 0 Å². The van der Waals surface area contributed by atoms with Crippen molar-refractivity contribution in [3.8, 4) is 0 Å². The highest BCUT2D eigenvalue weighted by molar-refractivity contribution is 6.00. The second-order valence-electron chi connectivity index (χ2n) is 4.14. The van der Waals surface area contributed by atoms with Crippen molar-refractivity contribution in [3.05, 3.63) is 42.0 Å². The number of nitrogens with one attached hydrogen (secondary N) is 3. The van der Waals surface area contributed by atoms with Gasteiger partial charge in [-0.15, -0.1) is 0 Å². The highest BCUT2D eigenvalue weighted by Crippen LogP contribution is 2.19. The van der Waals surface area contributed by atoms with Crippen molar-refractivity contribution in [2.75, 3.05) is 24.6 Å². The molecule has 0 fully saturated rings. The molecule has 0 aliphatic heterocycles. The molecule has 19 heavy (non-hydrogen) atoms. The van der Waals surface area contributed by atoms with Crippen LogP contribution in [0.15, 0.2) is 30.7 Å². The number of benzene rings is 1. The molecule has 2 rings (SSSR count). The van der Waals surface area contributed by atoms with Gasteiger partial charge in [0.2, 0.25) is 0 Å². The van der Waals surface area contributed by atoms with Crippen LogP contribution in [0.2, 0.25) is 0 Å². The first-order chi connectivity index (χ1) is 9.20. The molecular formula is C13H17N5O. The number of hydrogen-bond acceptors (Lipinski definition) is 4. The number of nitrogens with two attached hydrogens (primary N) is 1. The van der Waals surface area contributed by atoms with Crippen LogP contribution in [-0.4, -0.2) is 29.5 Å². The highest BCUT2D eigenvalue weighted by Gasteiger charge is 2.09. The van der Waals surface area contributed by atoms with Gasteiger partial charge in [0.1, 0.15) is 0 Å². The fourth-order valence-electron chi connectivity index (χ4n) is 1.79. The van der Waals surface area contributed by atoms with E-state index < -0.39 is 0 Å². The average molecular weight is 259 g/mol. The third kappa shape index (κ3) is 3.25. The summed E-state index contributed by atoms with van der Waals surface area (Å²) < 4.78 is 0. The molecule has 6 nitrogen and oxygen atoms in total. The zero-order valence-corrected chi connectivity index (χ0v) is 10.7. The van der Waals surface area contributed by atoms with E-state index in [2.05, 4.69) is 20.6 Å². The number of aromatic nitrogens is 2. The summed E-state index contributed by atoms with van der Waals surface area (Å²) in [5.41, 5.74) is 8.73. The van der Waals surface area contributed by atoms with Crippen molar-refractivity contribution in [1.29, 1.82) is 0 Å².